The van der Waals surface area contributed by atoms with Crippen molar-refractivity contribution >= 4 is 17.6 Å². The van der Waals surface area contributed by atoms with Crippen LogP contribution in [0.1, 0.15) is 10.4 Å². The van der Waals surface area contributed by atoms with Gasteiger partial charge in [0.25, 0.3) is 5.91 Å². The third-order valence-electron chi connectivity index (χ3n) is 2.42. The Morgan fingerprint density at radius 1 is 1.50 bits per heavy atom. The monoisotopic (exact) mass is 284 g/mol. The minimum absolute atomic E-state index is 0.0212. The number of benzene rings is 1. The Bertz CT molecular complexity index is 544. The van der Waals surface area contributed by atoms with Crippen LogP contribution < -0.4 is 10.1 Å². The predicted molar refractivity (Wildman–Crippen MR) is 65.6 cm³/mol. The fourth-order valence-electron chi connectivity index (χ4n) is 1.40. The number of amides is 1. The molecule has 0 heterocycles. The van der Waals surface area contributed by atoms with Crippen molar-refractivity contribution in [1.29, 1.82) is 0 Å². The number of carboxylic acid groups (broad SMARTS) is 1. The van der Waals surface area contributed by atoms with Crippen LogP contribution in [-0.2, 0) is 4.79 Å². The SMILES string of the molecule is COc1cc(C(=O)N[C@@H](CO)C(=O)O)ccc1[N+](=O)[O-]. The topological polar surface area (TPSA) is 139 Å². The summed E-state index contributed by atoms with van der Waals surface area (Å²) in [6.07, 6.45) is 0. The summed E-state index contributed by atoms with van der Waals surface area (Å²) in [5.74, 6) is -2.31. The number of hydrogen-bond donors (Lipinski definition) is 3. The second-order valence-corrected chi connectivity index (χ2v) is 3.69. The molecule has 0 spiro atoms. The fraction of sp³-hybridized carbons (Fsp3) is 0.273. The van der Waals surface area contributed by atoms with Gasteiger partial charge in [0.15, 0.2) is 11.8 Å². The summed E-state index contributed by atoms with van der Waals surface area (Å²) in [4.78, 5) is 32.4. The van der Waals surface area contributed by atoms with Crippen LogP contribution in [0.4, 0.5) is 5.69 Å². The van der Waals surface area contributed by atoms with E-state index in [0.29, 0.717) is 0 Å². The van der Waals surface area contributed by atoms with Gasteiger partial charge >= 0.3 is 11.7 Å². The smallest absolute Gasteiger partial charge is 0.328 e. The molecule has 0 saturated heterocycles. The molecular formula is C11H12N2O7. The quantitative estimate of drug-likeness (QED) is 0.484. The van der Waals surface area contributed by atoms with E-state index in [2.05, 4.69) is 5.32 Å². The molecule has 0 aliphatic heterocycles. The average molecular weight is 284 g/mol. The highest BCUT2D eigenvalue weighted by Crippen LogP contribution is 2.27. The predicted octanol–water partition coefficient (Wildman–Crippen LogP) is -0.221. The van der Waals surface area contributed by atoms with Crippen LogP contribution in [0.3, 0.4) is 0 Å². The normalized spacial score (nSPS) is 11.5. The molecule has 1 rings (SSSR count). The van der Waals surface area contributed by atoms with Crippen molar-refractivity contribution in [3.8, 4) is 5.75 Å². The molecule has 9 nitrogen and oxygen atoms in total. The summed E-state index contributed by atoms with van der Waals surface area (Å²) in [6.45, 7) is -0.773. The van der Waals surface area contributed by atoms with Gasteiger partial charge in [-0.25, -0.2) is 4.79 Å². The molecule has 0 aliphatic carbocycles. The first-order valence-corrected chi connectivity index (χ1v) is 5.37. The maximum absolute atomic E-state index is 11.8. The van der Waals surface area contributed by atoms with Gasteiger partial charge in [0.1, 0.15) is 0 Å². The number of methoxy groups -OCH3 is 1. The maximum Gasteiger partial charge on any atom is 0.328 e. The van der Waals surface area contributed by atoms with Gasteiger partial charge in [0, 0.05) is 17.7 Å². The largest absolute Gasteiger partial charge is 0.490 e. The van der Waals surface area contributed by atoms with Crippen LogP contribution in [0.2, 0.25) is 0 Å². The van der Waals surface area contributed by atoms with Crippen molar-refractivity contribution < 1.29 is 29.5 Å². The Morgan fingerprint density at radius 2 is 2.15 bits per heavy atom. The lowest BCUT2D eigenvalue weighted by Crippen LogP contribution is -2.43. The first-order chi connectivity index (χ1) is 9.40. The molecule has 0 bridgehead atoms. The number of carbonyl (C=O) groups is 2. The Balaban J connectivity index is 3.00. The van der Waals surface area contributed by atoms with Crippen LogP contribution in [0.15, 0.2) is 18.2 Å². The van der Waals surface area contributed by atoms with E-state index in [4.69, 9.17) is 14.9 Å². The molecule has 9 heteroatoms. The highest BCUT2D eigenvalue weighted by atomic mass is 16.6. The van der Waals surface area contributed by atoms with Crippen LogP contribution >= 0.6 is 0 Å². The van der Waals surface area contributed by atoms with Crippen LogP contribution in [0.5, 0.6) is 5.75 Å². The van der Waals surface area contributed by atoms with E-state index in [1.807, 2.05) is 0 Å². The lowest BCUT2D eigenvalue weighted by Gasteiger charge is -2.12. The summed E-state index contributed by atoms with van der Waals surface area (Å²) in [5.41, 5.74) is -0.340. The standard InChI is InChI=1S/C11H12N2O7/c1-20-9-4-6(2-3-8(9)13(18)19)10(15)12-7(5-14)11(16)17/h2-4,7,14H,5H2,1H3,(H,12,15)(H,16,17)/t7-/m0/s1. The lowest BCUT2D eigenvalue weighted by atomic mass is 10.1. The number of rotatable bonds is 6. The molecule has 0 saturated carbocycles. The molecule has 108 valence electrons. The minimum Gasteiger partial charge on any atom is -0.490 e. The number of nitrogens with one attached hydrogen (secondary N) is 1. The number of carboxylic acids is 1. The van der Waals surface area contributed by atoms with E-state index in [-0.39, 0.29) is 17.0 Å². The van der Waals surface area contributed by atoms with E-state index in [1.54, 1.807) is 0 Å². The third-order valence-corrected chi connectivity index (χ3v) is 2.42. The van der Waals surface area contributed by atoms with E-state index in [0.717, 1.165) is 18.2 Å². The number of nitro groups is 1. The molecule has 1 aromatic rings. The van der Waals surface area contributed by atoms with Gasteiger partial charge in [-0.15, -0.1) is 0 Å². The molecule has 0 fully saturated rings. The minimum atomic E-state index is -1.45. The van der Waals surface area contributed by atoms with Crippen molar-refractivity contribution in [3.05, 3.63) is 33.9 Å². The number of ether oxygens (including phenoxy) is 1. The van der Waals surface area contributed by atoms with Crippen molar-refractivity contribution in [2.75, 3.05) is 13.7 Å². The van der Waals surface area contributed by atoms with Gasteiger partial charge in [-0.3, -0.25) is 14.9 Å². The van der Waals surface area contributed by atoms with Gasteiger partial charge in [-0.05, 0) is 6.07 Å². The van der Waals surface area contributed by atoms with Gasteiger partial charge in [-0.2, -0.15) is 0 Å². The van der Waals surface area contributed by atoms with Crippen molar-refractivity contribution in [2.24, 2.45) is 0 Å². The van der Waals surface area contributed by atoms with Crippen molar-refractivity contribution in [2.45, 2.75) is 6.04 Å². The number of nitro benzene ring substituents is 1. The van der Waals surface area contributed by atoms with E-state index >= 15 is 0 Å². The van der Waals surface area contributed by atoms with Crippen molar-refractivity contribution in [3.63, 3.8) is 0 Å². The van der Waals surface area contributed by atoms with Gasteiger partial charge < -0.3 is 20.3 Å². The van der Waals surface area contributed by atoms with E-state index in [1.165, 1.54) is 7.11 Å². The second kappa shape index (κ2) is 6.48. The fourth-order valence-corrected chi connectivity index (χ4v) is 1.40. The van der Waals surface area contributed by atoms with Crippen LogP contribution in [-0.4, -0.2) is 46.8 Å². The highest BCUT2D eigenvalue weighted by Gasteiger charge is 2.22. The zero-order valence-electron chi connectivity index (χ0n) is 10.4. The number of nitrogens with zero attached hydrogens (tertiary/aromatic N) is 1. The number of hydrogen-bond acceptors (Lipinski definition) is 6. The zero-order chi connectivity index (χ0) is 15.3. The van der Waals surface area contributed by atoms with Gasteiger partial charge in [0.2, 0.25) is 0 Å². The summed E-state index contributed by atoms with van der Waals surface area (Å²) >= 11 is 0. The molecule has 3 N–H and O–H groups in total. The average Bonchev–Trinajstić information content (AvgIpc) is 2.43. The first-order valence-electron chi connectivity index (χ1n) is 5.37. The Labute approximate surface area is 112 Å². The summed E-state index contributed by atoms with van der Waals surface area (Å²) in [6, 6.07) is 1.89. The number of aliphatic hydroxyl groups excluding tert-OH is 1. The molecule has 1 atom stereocenters. The second-order valence-electron chi connectivity index (χ2n) is 3.69. The van der Waals surface area contributed by atoms with E-state index < -0.39 is 29.4 Å². The summed E-state index contributed by atoms with van der Waals surface area (Å²) in [5, 5.41) is 30.3. The Kier molecular flexibility index (Phi) is 4.98. The van der Waals surface area contributed by atoms with E-state index in [9.17, 15) is 19.7 Å². The lowest BCUT2D eigenvalue weighted by molar-refractivity contribution is -0.385. The number of aliphatic hydroxyl groups is 1. The molecule has 1 aromatic carbocycles. The third kappa shape index (κ3) is 3.42. The molecule has 20 heavy (non-hydrogen) atoms. The molecule has 0 radical (unpaired) electrons. The summed E-state index contributed by atoms with van der Waals surface area (Å²) in [7, 11) is 1.21. The summed E-state index contributed by atoms with van der Waals surface area (Å²) < 4.78 is 4.79. The number of carbonyl (C=O) groups excluding carboxylic acids is 1. The number of aliphatic carboxylic acids is 1. The molecule has 0 aromatic heterocycles. The maximum atomic E-state index is 11.8. The van der Waals surface area contributed by atoms with Gasteiger partial charge in [-0.1, -0.05) is 0 Å². The Morgan fingerprint density at radius 3 is 2.60 bits per heavy atom. The van der Waals surface area contributed by atoms with Gasteiger partial charge in [0.05, 0.1) is 18.6 Å². The highest BCUT2D eigenvalue weighted by molar-refractivity contribution is 5.97. The molecular weight excluding hydrogens is 272 g/mol. The Hall–Kier alpha value is -2.68. The van der Waals surface area contributed by atoms with Crippen molar-refractivity contribution in [1.82, 2.24) is 5.32 Å². The first kappa shape index (κ1) is 15.4. The zero-order valence-corrected chi connectivity index (χ0v) is 10.4. The molecule has 1 amide bonds. The molecule has 0 aliphatic rings. The molecule has 0 unspecified atom stereocenters. The van der Waals surface area contributed by atoms with Crippen LogP contribution in [0.25, 0.3) is 0 Å². The van der Waals surface area contributed by atoms with Crippen LogP contribution in [0, 0.1) is 10.1 Å².